The summed E-state index contributed by atoms with van der Waals surface area (Å²) in [6.45, 7) is 9.48. The first-order valence-corrected chi connectivity index (χ1v) is 9.71. The van der Waals surface area contributed by atoms with Crippen molar-refractivity contribution in [3.05, 3.63) is 0 Å². The van der Waals surface area contributed by atoms with Crippen LogP contribution in [0, 0.1) is 0 Å². The maximum atomic E-state index is 2.73. The van der Waals surface area contributed by atoms with Gasteiger partial charge in [-0.2, -0.15) is 0 Å². The van der Waals surface area contributed by atoms with Gasteiger partial charge in [0.25, 0.3) is 0 Å². The molecule has 0 spiro atoms. The van der Waals surface area contributed by atoms with Crippen molar-refractivity contribution >= 4 is 26.3 Å². The van der Waals surface area contributed by atoms with Gasteiger partial charge in [-0.3, -0.25) is 0 Å². The molecule has 0 bridgehead atoms. The van der Waals surface area contributed by atoms with Gasteiger partial charge < -0.3 is 0 Å². The fraction of sp³-hybridized carbons (Fsp3) is 1.00. The predicted molar refractivity (Wildman–Crippen MR) is 58.5 cm³/mol. The summed E-state index contributed by atoms with van der Waals surface area (Å²) < 4.78 is -1.16. The molecule has 0 fully saturated rings. The zero-order valence-corrected chi connectivity index (χ0v) is 10.00. The van der Waals surface area contributed by atoms with Gasteiger partial charge in [0.05, 0.1) is 0 Å². The van der Waals surface area contributed by atoms with Crippen molar-refractivity contribution in [2.75, 3.05) is 25.2 Å². The van der Waals surface area contributed by atoms with E-state index in [1.54, 1.807) is 0 Å². The topological polar surface area (TPSA) is 0 Å². The summed E-state index contributed by atoms with van der Waals surface area (Å²) in [5, 5.41) is 0. The van der Waals surface area contributed by atoms with Crippen molar-refractivity contribution in [2.24, 2.45) is 0 Å². The Balaban J connectivity index is 4.20. The average Bonchev–Trinajstić information content (AvgIpc) is 1.90. The van der Waals surface area contributed by atoms with Crippen LogP contribution in [0.3, 0.4) is 0 Å². The molecule has 0 atom stereocenters. The van der Waals surface area contributed by atoms with Crippen LogP contribution in [-0.4, -0.2) is 25.2 Å². The molecular formula is C7H18IP. The van der Waals surface area contributed by atoms with Crippen molar-refractivity contribution < 1.29 is 0 Å². The van der Waals surface area contributed by atoms with Crippen molar-refractivity contribution in [3.8, 4) is 0 Å². The van der Waals surface area contributed by atoms with Crippen LogP contribution in [-0.2, 0) is 0 Å². The predicted octanol–water partition coefficient (Wildman–Crippen LogP) is 3.58. The summed E-state index contributed by atoms with van der Waals surface area (Å²) in [5.41, 5.74) is 0. The minimum absolute atomic E-state index is 1.16. The third-order valence-corrected chi connectivity index (χ3v) is 14.1. The summed E-state index contributed by atoms with van der Waals surface area (Å²) in [5.74, 6) is 0. The molecule has 0 heterocycles. The second-order valence-corrected chi connectivity index (χ2v) is 18.3. The first-order valence-electron chi connectivity index (χ1n) is 3.69. The molecular weight excluding hydrogens is 242 g/mol. The normalized spacial score (nSPS) is 16.8. The second kappa shape index (κ2) is 3.04. The number of halogens is 1. The van der Waals surface area contributed by atoms with Gasteiger partial charge in [-0.15, -0.1) is 0 Å². The molecule has 0 rings (SSSR count). The van der Waals surface area contributed by atoms with E-state index in [4.69, 9.17) is 0 Å². The molecule has 0 nitrogen and oxygen atoms in total. The van der Waals surface area contributed by atoms with Crippen LogP contribution >= 0.6 is 26.3 Å². The first-order chi connectivity index (χ1) is 3.96. The van der Waals surface area contributed by atoms with Crippen LogP contribution in [0.15, 0.2) is 0 Å². The van der Waals surface area contributed by atoms with E-state index in [-0.39, 0.29) is 0 Å². The number of hydrogen-bond acceptors (Lipinski definition) is 0. The van der Waals surface area contributed by atoms with Crippen LogP contribution in [0.5, 0.6) is 0 Å². The first kappa shape index (κ1) is 10.2. The second-order valence-electron chi connectivity index (χ2n) is 3.10. The van der Waals surface area contributed by atoms with E-state index in [9.17, 15) is 0 Å². The van der Waals surface area contributed by atoms with E-state index in [1.165, 1.54) is 18.5 Å². The third-order valence-electron chi connectivity index (χ3n) is 2.65. The Kier molecular flexibility index (Phi) is 3.43. The van der Waals surface area contributed by atoms with Gasteiger partial charge in [-0.1, -0.05) is 0 Å². The Morgan fingerprint density at radius 2 is 1.22 bits per heavy atom. The van der Waals surface area contributed by atoms with E-state index < -0.39 is 4.25 Å². The van der Waals surface area contributed by atoms with Crippen LogP contribution in [0.4, 0.5) is 0 Å². The minimum atomic E-state index is -1.16. The van der Waals surface area contributed by atoms with E-state index in [0.717, 1.165) is 0 Å². The molecule has 0 unspecified atom stereocenters. The Bertz CT molecular complexity index is 80.1. The molecule has 9 heavy (non-hydrogen) atoms. The molecule has 0 aliphatic heterocycles. The van der Waals surface area contributed by atoms with Crippen LogP contribution in [0.2, 0.25) is 0 Å². The van der Waals surface area contributed by atoms with Gasteiger partial charge in [-0.25, -0.2) is 0 Å². The van der Waals surface area contributed by atoms with Crippen molar-refractivity contribution in [3.63, 3.8) is 0 Å². The van der Waals surface area contributed by atoms with Crippen LogP contribution in [0.1, 0.15) is 20.8 Å². The molecule has 0 saturated carbocycles. The fourth-order valence-electron chi connectivity index (χ4n) is 0.671. The van der Waals surface area contributed by atoms with E-state index in [0.29, 0.717) is 0 Å². The Labute approximate surface area is 72.2 Å². The summed E-state index contributed by atoms with van der Waals surface area (Å²) in [6, 6.07) is 0. The van der Waals surface area contributed by atoms with Crippen LogP contribution < -0.4 is 0 Å². The SMILES string of the molecule is CCP(C)(I)(CC)CC. The fourth-order valence-corrected chi connectivity index (χ4v) is 2.01. The van der Waals surface area contributed by atoms with Gasteiger partial charge in [0.1, 0.15) is 0 Å². The zero-order chi connectivity index (χ0) is 7.57. The monoisotopic (exact) mass is 260 g/mol. The van der Waals surface area contributed by atoms with Gasteiger partial charge in [0, 0.05) is 0 Å². The summed E-state index contributed by atoms with van der Waals surface area (Å²) in [6.07, 6.45) is 4.21. The quantitative estimate of drug-likeness (QED) is 0.537. The molecule has 58 valence electrons. The molecule has 0 N–H and O–H groups in total. The Morgan fingerprint density at radius 3 is 1.22 bits per heavy atom. The molecule has 0 amide bonds. The molecule has 0 aliphatic rings. The third kappa shape index (κ3) is 2.71. The van der Waals surface area contributed by atoms with Gasteiger partial charge >= 0.3 is 72.2 Å². The van der Waals surface area contributed by atoms with Gasteiger partial charge in [-0.05, 0) is 0 Å². The average molecular weight is 260 g/mol. The molecule has 0 aromatic rings. The molecule has 0 radical (unpaired) electrons. The zero-order valence-electron chi connectivity index (χ0n) is 6.95. The Hall–Kier alpha value is 1.16. The molecule has 2 heteroatoms. The number of rotatable bonds is 3. The van der Waals surface area contributed by atoms with Gasteiger partial charge in [0.15, 0.2) is 0 Å². The van der Waals surface area contributed by atoms with Crippen LogP contribution in [0.25, 0.3) is 0 Å². The summed E-state index contributed by atoms with van der Waals surface area (Å²) >= 11 is 2.73. The standard InChI is InChI=1S/C7H18IP/c1-5-9(4,8,6-2)7-3/h5-7H2,1-4H3. The van der Waals surface area contributed by atoms with E-state index in [2.05, 4.69) is 49.5 Å². The molecule has 0 aromatic heterocycles. The van der Waals surface area contributed by atoms with Crippen molar-refractivity contribution in [1.82, 2.24) is 0 Å². The van der Waals surface area contributed by atoms with Gasteiger partial charge in [0.2, 0.25) is 0 Å². The molecule has 0 aromatic carbocycles. The summed E-state index contributed by atoms with van der Waals surface area (Å²) in [4.78, 5) is 0. The van der Waals surface area contributed by atoms with Crippen molar-refractivity contribution in [1.29, 1.82) is 0 Å². The van der Waals surface area contributed by atoms with E-state index >= 15 is 0 Å². The molecule has 0 saturated heterocycles. The van der Waals surface area contributed by atoms with Crippen molar-refractivity contribution in [2.45, 2.75) is 20.8 Å². The Morgan fingerprint density at radius 1 is 1.00 bits per heavy atom. The molecule has 0 aliphatic carbocycles. The van der Waals surface area contributed by atoms with E-state index in [1.807, 2.05) is 0 Å². The number of hydrogen-bond donors (Lipinski definition) is 0. The summed E-state index contributed by atoms with van der Waals surface area (Å²) in [7, 11) is 0. The maximum absolute atomic E-state index is 2.73.